The van der Waals surface area contributed by atoms with Crippen molar-refractivity contribution in [3.8, 4) is 0 Å². The fourth-order valence-electron chi connectivity index (χ4n) is 4.93. The molecule has 2 heterocycles. The molecule has 2 aliphatic rings. The molecular weight excluding hydrogens is 465 g/mol. The van der Waals surface area contributed by atoms with Gasteiger partial charge in [-0.05, 0) is 45.0 Å². The Hall–Kier alpha value is -2.04. The molecule has 1 saturated heterocycles. The average Bonchev–Trinajstić information content (AvgIpc) is 3.06. The number of rotatable bonds is 6. The summed E-state index contributed by atoms with van der Waals surface area (Å²) in [6.07, 6.45) is 3.26. The van der Waals surface area contributed by atoms with Crippen LogP contribution < -0.4 is 9.62 Å². The highest BCUT2D eigenvalue weighted by molar-refractivity contribution is 7.92. The van der Waals surface area contributed by atoms with Gasteiger partial charge >= 0.3 is 0 Å². The van der Waals surface area contributed by atoms with Crippen LogP contribution in [0.1, 0.15) is 19.3 Å². The van der Waals surface area contributed by atoms with Crippen molar-refractivity contribution in [3.63, 3.8) is 0 Å². The van der Waals surface area contributed by atoms with Gasteiger partial charge in [-0.25, -0.2) is 22.2 Å². The van der Waals surface area contributed by atoms with Crippen LogP contribution in [0.15, 0.2) is 29.2 Å². The van der Waals surface area contributed by atoms with Gasteiger partial charge in [-0.2, -0.15) is 4.39 Å². The van der Waals surface area contributed by atoms with Crippen molar-refractivity contribution in [1.29, 1.82) is 0 Å². The van der Waals surface area contributed by atoms with Crippen molar-refractivity contribution in [2.24, 2.45) is 11.3 Å². The summed E-state index contributed by atoms with van der Waals surface area (Å²) in [6.45, 7) is 2.17. The van der Waals surface area contributed by atoms with Gasteiger partial charge in [-0.3, -0.25) is 4.72 Å². The van der Waals surface area contributed by atoms with E-state index in [1.807, 2.05) is 18.8 Å². The van der Waals surface area contributed by atoms with E-state index in [1.54, 1.807) is 4.90 Å². The van der Waals surface area contributed by atoms with Crippen LogP contribution in [0.2, 0.25) is 5.02 Å². The van der Waals surface area contributed by atoms with Crippen LogP contribution in [0.25, 0.3) is 0 Å². The van der Waals surface area contributed by atoms with Crippen molar-refractivity contribution in [3.05, 3.63) is 46.9 Å². The van der Waals surface area contributed by atoms with Gasteiger partial charge < -0.3 is 9.80 Å². The summed E-state index contributed by atoms with van der Waals surface area (Å²) < 4.78 is 70.2. The third-order valence-corrected chi connectivity index (χ3v) is 8.10. The molecule has 11 heteroatoms. The summed E-state index contributed by atoms with van der Waals surface area (Å²) in [5.41, 5.74) is 0.209. The quantitative estimate of drug-likeness (QED) is 0.489. The minimum atomic E-state index is -4.73. The zero-order chi connectivity index (χ0) is 23.3. The zero-order valence-corrected chi connectivity index (χ0v) is 19.3. The van der Waals surface area contributed by atoms with Crippen molar-refractivity contribution < 1.29 is 21.6 Å². The molecule has 1 unspecified atom stereocenters. The first-order valence-electron chi connectivity index (χ1n) is 10.2. The summed E-state index contributed by atoms with van der Waals surface area (Å²) in [5, 5.41) is -0.462. The Morgan fingerprint density at radius 1 is 1.28 bits per heavy atom. The molecule has 1 aliphatic carbocycles. The van der Waals surface area contributed by atoms with Gasteiger partial charge in [0.25, 0.3) is 10.0 Å². The number of hydrogen-bond acceptors (Lipinski definition) is 5. The molecule has 32 heavy (non-hydrogen) atoms. The van der Waals surface area contributed by atoms with Crippen LogP contribution in [-0.2, 0) is 10.0 Å². The van der Waals surface area contributed by atoms with Gasteiger partial charge in [0.1, 0.15) is 16.7 Å². The van der Waals surface area contributed by atoms with Gasteiger partial charge in [-0.15, -0.1) is 0 Å². The van der Waals surface area contributed by atoms with Gasteiger partial charge in [-0.1, -0.05) is 24.1 Å². The molecule has 0 radical (unpaired) electrons. The summed E-state index contributed by atoms with van der Waals surface area (Å²) >= 11 is 6.17. The van der Waals surface area contributed by atoms with Crippen LogP contribution in [0.5, 0.6) is 0 Å². The standard InChI is InChI=1S/C21H24ClF3N4O2S/c1-28(2)10-13-5-4-8-21(13)11-29(12-21)15-9-14(23)20(19(25)18(15)22)32(30,31)27-17-7-3-6-16(24)26-17/h3,6-7,9,13H,4-5,8,10-12H2,1-2H3,(H,26,27). The number of anilines is 2. The zero-order valence-electron chi connectivity index (χ0n) is 17.7. The molecule has 6 nitrogen and oxygen atoms in total. The monoisotopic (exact) mass is 488 g/mol. The smallest absolute Gasteiger partial charge is 0.268 e. The Morgan fingerprint density at radius 3 is 2.66 bits per heavy atom. The first-order chi connectivity index (χ1) is 15.0. The average molecular weight is 489 g/mol. The topological polar surface area (TPSA) is 65.5 Å². The Morgan fingerprint density at radius 2 is 2.00 bits per heavy atom. The Bertz CT molecular complexity index is 1140. The highest BCUT2D eigenvalue weighted by atomic mass is 35.5. The molecule has 1 aromatic heterocycles. The minimum absolute atomic E-state index is 0.0793. The summed E-state index contributed by atoms with van der Waals surface area (Å²) in [6, 6.07) is 4.34. The van der Waals surface area contributed by atoms with E-state index in [-0.39, 0.29) is 11.1 Å². The lowest BCUT2D eigenvalue weighted by molar-refractivity contribution is 0.118. The fourth-order valence-corrected chi connectivity index (χ4v) is 6.40. The molecule has 0 amide bonds. The minimum Gasteiger partial charge on any atom is -0.369 e. The molecule has 2 fully saturated rings. The van der Waals surface area contributed by atoms with Crippen LogP contribution >= 0.6 is 11.6 Å². The molecule has 0 bridgehead atoms. The Balaban J connectivity index is 1.59. The first kappa shape index (κ1) is 23.1. The second-order valence-corrected chi connectivity index (χ2v) is 10.9. The van der Waals surface area contributed by atoms with Gasteiger partial charge in [0, 0.05) is 31.1 Å². The molecule has 2 aromatic rings. The number of hydrogen-bond donors (Lipinski definition) is 1. The van der Waals surface area contributed by atoms with Crippen LogP contribution in [0.3, 0.4) is 0 Å². The Labute approximate surface area is 190 Å². The van der Waals surface area contributed by atoms with E-state index >= 15 is 4.39 Å². The highest BCUT2D eigenvalue weighted by Gasteiger charge is 2.52. The predicted molar refractivity (Wildman–Crippen MR) is 117 cm³/mol. The van der Waals surface area contributed by atoms with E-state index in [4.69, 9.17) is 11.6 Å². The maximum Gasteiger partial charge on any atom is 0.268 e. The maximum absolute atomic E-state index is 15.0. The van der Waals surface area contributed by atoms with Crippen molar-refractivity contribution >= 4 is 33.1 Å². The van der Waals surface area contributed by atoms with E-state index in [9.17, 15) is 17.2 Å². The van der Waals surface area contributed by atoms with E-state index in [2.05, 4.69) is 9.88 Å². The molecular formula is C21H24ClF3N4O2S. The lowest BCUT2D eigenvalue weighted by Crippen LogP contribution is -2.59. The SMILES string of the molecule is CN(C)CC1CCCC12CN(c1cc(F)c(S(=O)(=O)Nc3cccc(F)n3)c(F)c1Cl)C2. The number of halogens is 4. The number of aromatic nitrogens is 1. The second-order valence-electron chi connectivity index (χ2n) is 8.86. The van der Waals surface area contributed by atoms with Crippen molar-refractivity contribution in [1.82, 2.24) is 9.88 Å². The number of nitrogens with zero attached hydrogens (tertiary/aromatic N) is 3. The molecule has 1 spiro atoms. The van der Waals surface area contributed by atoms with E-state index < -0.39 is 43.3 Å². The first-order valence-corrected chi connectivity index (χ1v) is 12.1. The summed E-state index contributed by atoms with van der Waals surface area (Å²) in [7, 11) is -0.678. The van der Waals surface area contributed by atoms with E-state index in [1.165, 1.54) is 6.07 Å². The summed E-state index contributed by atoms with van der Waals surface area (Å²) in [4.78, 5) is 6.07. The molecule has 1 N–H and O–H groups in total. The number of pyridine rings is 1. The van der Waals surface area contributed by atoms with Crippen LogP contribution in [-0.4, -0.2) is 52.0 Å². The lowest BCUT2D eigenvalue weighted by atomic mass is 9.71. The second kappa shape index (κ2) is 8.39. The molecule has 1 atom stereocenters. The molecule has 1 saturated carbocycles. The lowest BCUT2D eigenvalue weighted by Gasteiger charge is -2.53. The third kappa shape index (κ3) is 4.15. The number of sulfonamides is 1. The van der Waals surface area contributed by atoms with E-state index in [0.29, 0.717) is 19.0 Å². The predicted octanol–water partition coefficient (Wildman–Crippen LogP) is 4.12. The normalized spacial score (nSPS) is 20.1. The van der Waals surface area contributed by atoms with Crippen molar-refractivity contribution in [2.75, 3.05) is 43.4 Å². The number of nitrogens with one attached hydrogen (secondary N) is 1. The van der Waals surface area contributed by atoms with Crippen LogP contribution in [0, 0.1) is 28.9 Å². The van der Waals surface area contributed by atoms with Crippen molar-refractivity contribution in [2.45, 2.75) is 24.2 Å². The third-order valence-electron chi connectivity index (χ3n) is 6.35. The Kier molecular flexibility index (Phi) is 6.06. The maximum atomic E-state index is 15.0. The molecule has 4 rings (SSSR count). The van der Waals surface area contributed by atoms with Crippen LogP contribution in [0.4, 0.5) is 24.7 Å². The molecule has 1 aromatic carbocycles. The molecule has 174 valence electrons. The summed E-state index contributed by atoms with van der Waals surface area (Å²) in [5.74, 6) is -3.51. The van der Waals surface area contributed by atoms with Gasteiger partial charge in [0.2, 0.25) is 5.95 Å². The number of benzene rings is 1. The van der Waals surface area contributed by atoms with E-state index in [0.717, 1.165) is 44.0 Å². The fraction of sp³-hybridized carbons (Fsp3) is 0.476. The largest absolute Gasteiger partial charge is 0.369 e. The van der Waals surface area contributed by atoms with Gasteiger partial charge in [0.05, 0.1) is 5.69 Å². The molecule has 1 aliphatic heterocycles. The van der Waals surface area contributed by atoms with Gasteiger partial charge in [0.15, 0.2) is 10.7 Å². The highest BCUT2D eigenvalue weighted by Crippen LogP contribution is 2.52.